The van der Waals surface area contributed by atoms with E-state index in [9.17, 15) is 9.59 Å². The molecule has 0 fully saturated rings. The van der Waals surface area contributed by atoms with Crippen molar-refractivity contribution >= 4 is 28.3 Å². The maximum atomic E-state index is 12.6. The number of carbonyl (C=O) groups is 2. The smallest absolute Gasteiger partial charge is 0.272 e. The molecule has 2 heterocycles. The average molecular weight is 321 g/mol. The van der Waals surface area contributed by atoms with Crippen LogP contribution in [0.4, 0.5) is 5.69 Å². The van der Waals surface area contributed by atoms with Gasteiger partial charge < -0.3 is 10.3 Å². The van der Waals surface area contributed by atoms with E-state index in [1.807, 2.05) is 44.2 Å². The molecule has 0 unspecified atom stereocenters. The number of para-hydroxylation sites is 1. The lowest BCUT2D eigenvalue weighted by molar-refractivity contribution is 0.101. The summed E-state index contributed by atoms with van der Waals surface area (Å²) in [5.74, 6) is -0.299. The number of aromatic nitrogens is 2. The molecule has 0 atom stereocenters. The van der Waals surface area contributed by atoms with Crippen LogP contribution in [0, 0.1) is 6.92 Å². The first-order valence-corrected chi connectivity index (χ1v) is 7.89. The molecule has 122 valence electrons. The van der Waals surface area contributed by atoms with Crippen LogP contribution in [0.25, 0.3) is 10.9 Å². The van der Waals surface area contributed by atoms with Gasteiger partial charge in [-0.15, -0.1) is 0 Å². The lowest BCUT2D eigenvalue weighted by atomic mass is 10.0. The Hall–Kier alpha value is -2.95. The van der Waals surface area contributed by atoms with Crippen LogP contribution in [0.1, 0.15) is 46.0 Å². The first kappa shape index (κ1) is 15.9. The van der Waals surface area contributed by atoms with Gasteiger partial charge in [0, 0.05) is 16.6 Å². The molecule has 3 aromatic rings. The second kappa shape index (κ2) is 6.28. The number of nitrogens with one attached hydrogen (secondary N) is 2. The molecule has 5 nitrogen and oxygen atoms in total. The third-order valence-corrected chi connectivity index (χ3v) is 4.07. The zero-order chi connectivity index (χ0) is 17.3. The third kappa shape index (κ3) is 2.80. The lowest BCUT2D eigenvalue weighted by Crippen LogP contribution is -2.15. The fraction of sp³-hybridized carbons (Fsp3) is 0.211. The van der Waals surface area contributed by atoms with Crippen LogP contribution in [0.5, 0.6) is 0 Å². The number of benzene rings is 1. The van der Waals surface area contributed by atoms with Gasteiger partial charge in [0.05, 0.1) is 17.4 Å². The number of hydrogen-bond donors (Lipinski definition) is 2. The Labute approximate surface area is 140 Å². The summed E-state index contributed by atoms with van der Waals surface area (Å²) in [6, 6.07) is 9.60. The molecule has 0 saturated carbocycles. The van der Waals surface area contributed by atoms with E-state index in [1.165, 1.54) is 6.92 Å². The zero-order valence-electron chi connectivity index (χ0n) is 13.9. The summed E-state index contributed by atoms with van der Waals surface area (Å²) in [7, 11) is 0. The topological polar surface area (TPSA) is 74.8 Å². The summed E-state index contributed by atoms with van der Waals surface area (Å²) in [6.45, 7) is 5.26. The van der Waals surface area contributed by atoms with Crippen molar-refractivity contribution in [3.05, 3.63) is 59.0 Å². The Bertz CT molecular complexity index is 941. The molecule has 5 heteroatoms. The number of H-pyrrole nitrogens is 1. The third-order valence-electron chi connectivity index (χ3n) is 4.07. The van der Waals surface area contributed by atoms with Crippen LogP contribution in [0.2, 0.25) is 0 Å². The summed E-state index contributed by atoms with van der Waals surface area (Å²) >= 11 is 0. The summed E-state index contributed by atoms with van der Waals surface area (Å²) in [5.41, 5.74) is 4.02. The number of pyridine rings is 1. The van der Waals surface area contributed by atoms with Gasteiger partial charge in [-0.25, -0.2) is 0 Å². The fourth-order valence-corrected chi connectivity index (χ4v) is 3.03. The van der Waals surface area contributed by atoms with Crippen molar-refractivity contribution in [1.29, 1.82) is 0 Å². The molecule has 0 aliphatic carbocycles. The molecular weight excluding hydrogens is 302 g/mol. The summed E-state index contributed by atoms with van der Waals surface area (Å²) in [4.78, 5) is 31.9. The number of aryl methyl sites for hydroxylation is 1. The van der Waals surface area contributed by atoms with Gasteiger partial charge in [-0.2, -0.15) is 0 Å². The van der Waals surface area contributed by atoms with Gasteiger partial charge in [0.1, 0.15) is 5.69 Å². The van der Waals surface area contributed by atoms with E-state index >= 15 is 0 Å². The number of fused-ring (bicyclic) bond motifs is 1. The van der Waals surface area contributed by atoms with Gasteiger partial charge in [-0.3, -0.25) is 14.6 Å². The highest BCUT2D eigenvalue weighted by Gasteiger charge is 2.21. The molecule has 0 radical (unpaired) electrons. The van der Waals surface area contributed by atoms with Gasteiger partial charge in [0.25, 0.3) is 5.91 Å². The second-order valence-electron chi connectivity index (χ2n) is 5.76. The van der Waals surface area contributed by atoms with Gasteiger partial charge in [-0.1, -0.05) is 25.1 Å². The van der Waals surface area contributed by atoms with Crippen molar-refractivity contribution in [3.8, 4) is 0 Å². The fourth-order valence-electron chi connectivity index (χ4n) is 3.03. The quantitative estimate of drug-likeness (QED) is 0.716. The van der Waals surface area contributed by atoms with Crippen molar-refractivity contribution in [1.82, 2.24) is 9.97 Å². The van der Waals surface area contributed by atoms with E-state index in [1.54, 1.807) is 6.20 Å². The van der Waals surface area contributed by atoms with E-state index in [0.29, 0.717) is 23.4 Å². The number of anilines is 1. The minimum atomic E-state index is -0.264. The minimum Gasteiger partial charge on any atom is -0.354 e. The second-order valence-corrected chi connectivity index (χ2v) is 5.76. The molecule has 1 amide bonds. The standard InChI is InChI=1S/C19H19N3O2/c1-4-15-17(12(3)23)11(2)21-18(15)19(24)22-14-9-13-7-5-6-8-16(13)20-10-14/h5-10,21H,4H2,1-3H3,(H,22,24). The molecule has 3 rings (SSSR count). The van der Waals surface area contributed by atoms with Crippen molar-refractivity contribution in [2.24, 2.45) is 0 Å². The lowest BCUT2D eigenvalue weighted by Gasteiger charge is -2.07. The number of aromatic amines is 1. The van der Waals surface area contributed by atoms with Crippen molar-refractivity contribution in [2.75, 3.05) is 5.32 Å². The average Bonchev–Trinajstić information content (AvgIpc) is 2.91. The Morgan fingerprint density at radius 3 is 2.71 bits per heavy atom. The monoisotopic (exact) mass is 321 g/mol. The van der Waals surface area contributed by atoms with E-state index in [-0.39, 0.29) is 11.7 Å². The van der Waals surface area contributed by atoms with E-state index in [0.717, 1.165) is 22.2 Å². The first-order chi connectivity index (χ1) is 11.5. The molecule has 2 aromatic heterocycles. The Kier molecular flexibility index (Phi) is 4.16. The van der Waals surface area contributed by atoms with Crippen molar-refractivity contribution < 1.29 is 9.59 Å². The van der Waals surface area contributed by atoms with Crippen LogP contribution in [-0.4, -0.2) is 21.7 Å². The Morgan fingerprint density at radius 2 is 2.00 bits per heavy atom. The predicted molar refractivity (Wildman–Crippen MR) is 94.6 cm³/mol. The van der Waals surface area contributed by atoms with Crippen LogP contribution >= 0.6 is 0 Å². The minimum absolute atomic E-state index is 0.0352. The van der Waals surface area contributed by atoms with E-state index in [2.05, 4.69) is 15.3 Å². The zero-order valence-corrected chi connectivity index (χ0v) is 13.9. The summed E-state index contributed by atoms with van der Waals surface area (Å²) < 4.78 is 0. The number of Topliss-reactive ketones (excluding diaryl/α,β-unsaturated/α-hetero) is 1. The molecule has 2 N–H and O–H groups in total. The number of rotatable bonds is 4. The Morgan fingerprint density at radius 1 is 1.25 bits per heavy atom. The van der Waals surface area contributed by atoms with E-state index < -0.39 is 0 Å². The Balaban J connectivity index is 1.94. The summed E-state index contributed by atoms with van der Waals surface area (Å²) in [5, 5.41) is 3.82. The molecule has 0 spiro atoms. The predicted octanol–water partition coefficient (Wildman–Crippen LogP) is 3.89. The van der Waals surface area contributed by atoms with Gasteiger partial charge in [0.2, 0.25) is 0 Å². The largest absolute Gasteiger partial charge is 0.354 e. The molecular formula is C19H19N3O2. The number of nitrogens with zero attached hydrogens (tertiary/aromatic N) is 1. The van der Waals surface area contributed by atoms with Crippen LogP contribution < -0.4 is 5.32 Å². The van der Waals surface area contributed by atoms with Gasteiger partial charge >= 0.3 is 0 Å². The number of ketones is 1. The molecule has 1 aromatic carbocycles. The molecule has 0 aliphatic rings. The molecule has 0 aliphatic heterocycles. The number of hydrogen-bond acceptors (Lipinski definition) is 3. The van der Waals surface area contributed by atoms with E-state index in [4.69, 9.17) is 0 Å². The number of amides is 1. The maximum absolute atomic E-state index is 12.6. The highest BCUT2D eigenvalue weighted by molar-refractivity contribution is 6.08. The summed E-state index contributed by atoms with van der Waals surface area (Å²) in [6.07, 6.45) is 2.24. The molecule has 0 saturated heterocycles. The van der Waals surface area contributed by atoms with Gasteiger partial charge in [0.15, 0.2) is 5.78 Å². The normalized spacial score (nSPS) is 10.8. The van der Waals surface area contributed by atoms with Crippen molar-refractivity contribution in [3.63, 3.8) is 0 Å². The van der Waals surface area contributed by atoms with Crippen LogP contribution in [0.15, 0.2) is 36.5 Å². The van der Waals surface area contributed by atoms with Crippen LogP contribution in [-0.2, 0) is 6.42 Å². The highest BCUT2D eigenvalue weighted by Crippen LogP contribution is 2.22. The maximum Gasteiger partial charge on any atom is 0.272 e. The van der Waals surface area contributed by atoms with Gasteiger partial charge in [-0.05, 0) is 38.0 Å². The molecule has 0 bridgehead atoms. The highest BCUT2D eigenvalue weighted by atomic mass is 16.2. The molecule has 24 heavy (non-hydrogen) atoms. The first-order valence-electron chi connectivity index (χ1n) is 7.89. The SMILES string of the molecule is CCc1c(C(=O)Nc2cnc3ccccc3c2)[nH]c(C)c1C(C)=O. The van der Waals surface area contributed by atoms with Crippen molar-refractivity contribution in [2.45, 2.75) is 27.2 Å². The number of carbonyl (C=O) groups excluding carboxylic acids is 2. The van der Waals surface area contributed by atoms with Crippen LogP contribution in [0.3, 0.4) is 0 Å².